The summed E-state index contributed by atoms with van der Waals surface area (Å²) in [6.45, 7) is 5.31. The average molecular weight is 576 g/mol. The third kappa shape index (κ3) is 6.53. The lowest BCUT2D eigenvalue weighted by Crippen LogP contribution is -2.46. The first-order chi connectivity index (χ1) is 15.2. The van der Waals surface area contributed by atoms with Crippen LogP contribution in [0.1, 0.15) is 22.0 Å². The summed E-state index contributed by atoms with van der Waals surface area (Å²) >= 11 is 1.77. The largest absolute Gasteiger partial charge is 0.467 e. The summed E-state index contributed by atoms with van der Waals surface area (Å²) in [4.78, 5) is 8.13. The van der Waals surface area contributed by atoms with Gasteiger partial charge in [0.05, 0.1) is 25.9 Å². The minimum absolute atomic E-state index is 0. The van der Waals surface area contributed by atoms with Crippen LogP contribution < -0.4 is 15.4 Å². The molecule has 10 heteroatoms. The molecule has 1 fully saturated rings. The van der Waals surface area contributed by atoms with Crippen LogP contribution in [-0.4, -0.2) is 64.1 Å². The van der Waals surface area contributed by atoms with E-state index in [1.807, 2.05) is 0 Å². The second-order valence-electron chi connectivity index (χ2n) is 7.47. The monoisotopic (exact) mass is 576 g/mol. The van der Waals surface area contributed by atoms with Crippen molar-refractivity contribution in [3.63, 3.8) is 0 Å². The highest BCUT2D eigenvalue weighted by Gasteiger charge is 2.23. The van der Waals surface area contributed by atoms with Gasteiger partial charge in [-0.2, -0.15) is 0 Å². The lowest BCUT2D eigenvalue weighted by molar-refractivity contribution is -0.0172. The summed E-state index contributed by atoms with van der Waals surface area (Å²) in [6, 6.07) is 7.55. The molecule has 7 nitrogen and oxygen atoms in total. The Hall–Kier alpha value is -1.47. The number of thiophene rings is 1. The molecule has 176 valence electrons. The number of hydrogen-bond donors (Lipinski definition) is 2. The molecular formula is C22H30FIN4O3S. The van der Waals surface area contributed by atoms with Crippen molar-refractivity contribution < 1.29 is 18.6 Å². The highest BCUT2D eigenvalue weighted by molar-refractivity contribution is 14.0. The fourth-order valence-electron chi connectivity index (χ4n) is 3.95. The third-order valence-electron chi connectivity index (χ3n) is 5.48. The number of ether oxygens (including phenoxy) is 3. The van der Waals surface area contributed by atoms with Gasteiger partial charge in [0.1, 0.15) is 11.6 Å². The van der Waals surface area contributed by atoms with E-state index in [0.29, 0.717) is 19.6 Å². The Morgan fingerprint density at radius 1 is 1.25 bits per heavy atom. The fraction of sp³-hybridized carbons (Fsp3) is 0.500. The minimum atomic E-state index is -0.269. The van der Waals surface area contributed by atoms with E-state index in [4.69, 9.17) is 14.2 Å². The summed E-state index contributed by atoms with van der Waals surface area (Å²) in [5, 5.41) is 8.90. The number of nitrogens with zero attached hydrogens (tertiary/aromatic N) is 2. The van der Waals surface area contributed by atoms with Crippen LogP contribution in [0.5, 0.6) is 5.75 Å². The van der Waals surface area contributed by atoms with Gasteiger partial charge >= 0.3 is 0 Å². The van der Waals surface area contributed by atoms with Crippen molar-refractivity contribution in [2.75, 3.05) is 53.2 Å². The second-order valence-corrected chi connectivity index (χ2v) is 8.45. The molecule has 1 atom stereocenters. The lowest BCUT2D eigenvalue weighted by atomic mass is 10.1. The van der Waals surface area contributed by atoms with Crippen molar-refractivity contribution >= 4 is 41.3 Å². The maximum atomic E-state index is 13.9. The van der Waals surface area contributed by atoms with Crippen LogP contribution >= 0.6 is 35.3 Å². The van der Waals surface area contributed by atoms with E-state index >= 15 is 0 Å². The Bertz CT molecular complexity index is 878. The molecule has 4 rings (SSSR count). The quantitative estimate of drug-likeness (QED) is 0.300. The number of nitrogens with one attached hydrogen (secondary N) is 2. The van der Waals surface area contributed by atoms with Gasteiger partial charge in [-0.1, -0.05) is 6.07 Å². The van der Waals surface area contributed by atoms with Gasteiger partial charge in [-0.25, -0.2) is 4.39 Å². The average Bonchev–Trinajstić information content (AvgIpc) is 3.33. The van der Waals surface area contributed by atoms with Crippen LogP contribution in [-0.2, 0) is 22.5 Å². The van der Waals surface area contributed by atoms with Crippen LogP contribution in [0.3, 0.4) is 0 Å². The van der Waals surface area contributed by atoms with E-state index in [1.54, 1.807) is 18.4 Å². The number of guanidine groups is 1. The number of hydrogen-bond acceptors (Lipinski definition) is 6. The number of fused-ring (bicyclic) bond motifs is 1. The van der Waals surface area contributed by atoms with Gasteiger partial charge in [0, 0.05) is 43.7 Å². The highest BCUT2D eigenvalue weighted by Crippen LogP contribution is 2.29. The lowest BCUT2D eigenvalue weighted by Gasteiger charge is -2.34. The van der Waals surface area contributed by atoms with E-state index in [0.717, 1.165) is 55.7 Å². The van der Waals surface area contributed by atoms with Gasteiger partial charge in [-0.3, -0.25) is 9.89 Å². The summed E-state index contributed by atoms with van der Waals surface area (Å²) < 4.78 is 30.3. The van der Waals surface area contributed by atoms with Crippen LogP contribution in [0.25, 0.3) is 0 Å². The molecular weight excluding hydrogens is 546 g/mol. The van der Waals surface area contributed by atoms with Crippen LogP contribution in [0.15, 0.2) is 34.6 Å². The number of rotatable bonds is 7. The Kier molecular flexibility index (Phi) is 9.97. The Morgan fingerprint density at radius 3 is 2.84 bits per heavy atom. The van der Waals surface area contributed by atoms with Gasteiger partial charge < -0.3 is 24.8 Å². The number of morpholine rings is 1. The number of halogens is 2. The maximum absolute atomic E-state index is 13.9. The van der Waals surface area contributed by atoms with Crippen molar-refractivity contribution in [1.29, 1.82) is 0 Å². The maximum Gasteiger partial charge on any atom is 0.191 e. The van der Waals surface area contributed by atoms with Crippen molar-refractivity contribution in [1.82, 2.24) is 15.5 Å². The molecule has 1 aromatic heterocycles. The van der Waals surface area contributed by atoms with Gasteiger partial charge in [0.25, 0.3) is 0 Å². The molecule has 0 radical (unpaired) electrons. The summed E-state index contributed by atoms with van der Waals surface area (Å²) in [7, 11) is 1.76. The predicted octanol–water partition coefficient (Wildman–Crippen LogP) is 3.15. The minimum Gasteiger partial charge on any atom is -0.467 e. The van der Waals surface area contributed by atoms with Crippen molar-refractivity contribution in [3.05, 3.63) is 51.5 Å². The second kappa shape index (κ2) is 12.7. The first-order valence-corrected chi connectivity index (χ1v) is 11.4. The molecule has 0 bridgehead atoms. The van der Waals surface area contributed by atoms with Crippen LogP contribution in [0.2, 0.25) is 0 Å². The third-order valence-corrected chi connectivity index (χ3v) is 6.46. The molecule has 2 aliphatic heterocycles. The first-order valence-electron chi connectivity index (χ1n) is 10.6. The molecule has 0 spiro atoms. The number of aliphatic imine (C=N–C) groups is 1. The van der Waals surface area contributed by atoms with Gasteiger partial charge in [0.2, 0.25) is 0 Å². The Labute approximate surface area is 209 Å². The zero-order valence-corrected chi connectivity index (χ0v) is 21.3. The molecule has 3 heterocycles. The first kappa shape index (κ1) is 25.2. The molecule has 0 saturated carbocycles. The number of benzene rings is 1. The molecule has 1 aromatic carbocycles. The van der Waals surface area contributed by atoms with E-state index in [-0.39, 0.29) is 42.6 Å². The Morgan fingerprint density at radius 2 is 2.09 bits per heavy atom. The highest BCUT2D eigenvalue weighted by atomic mass is 127. The normalized spacial score (nSPS) is 17.6. The van der Waals surface area contributed by atoms with E-state index in [1.165, 1.54) is 17.0 Å². The SMILES string of the molecule is CN=C(NCCc1cc(F)cc2c1OCOC2)NCC(c1cccs1)N1CCOCC1.I. The van der Waals surface area contributed by atoms with Gasteiger partial charge in [0.15, 0.2) is 12.8 Å². The van der Waals surface area contributed by atoms with E-state index in [9.17, 15) is 4.39 Å². The smallest absolute Gasteiger partial charge is 0.191 e. The van der Waals surface area contributed by atoms with Gasteiger partial charge in [-0.15, -0.1) is 35.3 Å². The zero-order chi connectivity index (χ0) is 21.5. The van der Waals surface area contributed by atoms with Gasteiger partial charge in [-0.05, 0) is 35.6 Å². The van der Waals surface area contributed by atoms with E-state index in [2.05, 4.69) is 38.0 Å². The Balaban J connectivity index is 0.00000289. The summed E-state index contributed by atoms with van der Waals surface area (Å²) in [6.07, 6.45) is 0.624. The van der Waals surface area contributed by atoms with Crippen LogP contribution in [0, 0.1) is 5.82 Å². The van der Waals surface area contributed by atoms with Crippen molar-refractivity contribution in [3.8, 4) is 5.75 Å². The van der Waals surface area contributed by atoms with Crippen molar-refractivity contribution in [2.45, 2.75) is 19.1 Å². The standard InChI is InChI=1S/C22H29FN4O3S.HI/c1-24-22(25-5-4-16-11-18(23)12-17-14-29-15-30-21(16)17)26-13-19(20-3-2-10-31-20)27-6-8-28-9-7-27;/h2-3,10-12,19H,4-9,13-15H2,1H3,(H2,24,25,26);1H. The summed E-state index contributed by atoms with van der Waals surface area (Å²) in [5.74, 6) is 1.20. The van der Waals surface area contributed by atoms with E-state index < -0.39 is 0 Å². The molecule has 2 N–H and O–H groups in total. The topological polar surface area (TPSA) is 67.4 Å². The fourth-order valence-corrected chi connectivity index (χ4v) is 4.81. The predicted molar refractivity (Wildman–Crippen MR) is 135 cm³/mol. The molecule has 1 saturated heterocycles. The molecule has 2 aromatic rings. The molecule has 0 aliphatic carbocycles. The zero-order valence-electron chi connectivity index (χ0n) is 18.1. The molecule has 2 aliphatic rings. The molecule has 32 heavy (non-hydrogen) atoms. The molecule has 0 amide bonds. The molecule has 1 unspecified atom stereocenters. The summed E-state index contributed by atoms with van der Waals surface area (Å²) in [5.41, 5.74) is 1.60. The van der Waals surface area contributed by atoms with Crippen molar-refractivity contribution in [2.24, 2.45) is 4.99 Å². The van der Waals surface area contributed by atoms with Crippen LogP contribution in [0.4, 0.5) is 4.39 Å².